The first-order valence-corrected chi connectivity index (χ1v) is 7.04. The van der Waals surface area contributed by atoms with Crippen LogP contribution in [0.5, 0.6) is 0 Å². The molecule has 0 aliphatic rings. The van der Waals surface area contributed by atoms with Crippen LogP contribution in [0.15, 0.2) is 48.7 Å². The molecular weight excluding hydrogens is 266 g/mol. The number of hydrogen-bond acceptors (Lipinski definition) is 4. The highest BCUT2D eigenvalue weighted by Crippen LogP contribution is 2.02. The van der Waals surface area contributed by atoms with E-state index in [1.165, 1.54) is 6.08 Å². The smallest absolute Gasteiger partial charge is 0.330 e. The summed E-state index contributed by atoms with van der Waals surface area (Å²) in [5.74, 6) is -0.323. The molecule has 1 aromatic heterocycles. The average molecular weight is 285 g/mol. The standard InChI is InChI=1S/C16H19N3O2/c1-2-19-12-15(17-18-19)10-6-7-11-16(20)21-13-14-8-4-3-5-9-14/h3-5,7-9,11-12H,2,6,10,13H2,1H3/b11-7+. The number of rotatable bonds is 7. The van der Waals surface area contributed by atoms with Crippen LogP contribution in [-0.2, 0) is 29.1 Å². The Morgan fingerprint density at radius 1 is 1.33 bits per heavy atom. The SMILES string of the molecule is CCn1cc(CC/C=C/C(=O)OCc2ccccc2)nn1. The second-order valence-corrected chi connectivity index (χ2v) is 4.60. The number of carbonyl (C=O) groups excluding carboxylic acids is 1. The number of benzene rings is 1. The van der Waals surface area contributed by atoms with Crippen LogP contribution < -0.4 is 0 Å². The van der Waals surface area contributed by atoms with Gasteiger partial charge in [0.2, 0.25) is 0 Å². The van der Waals surface area contributed by atoms with E-state index in [1.807, 2.05) is 43.5 Å². The Balaban J connectivity index is 1.67. The molecular formula is C16H19N3O2. The molecule has 0 amide bonds. The molecule has 0 aliphatic carbocycles. The summed E-state index contributed by atoms with van der Waals surface area (Å²) in [4.78, 5) is 11.5. The molecule has 5 heteroatoms. The van der Waals surface area contributed by atoms with Crippen molar-refractivity contribution in [3.8, 4) is 0 Å². The Kier molecular flexibility index (Phi) is 5.70. The largest absolute Gasteiger partial charge is 0.458 e. The number of carbonyl (C=O) groups is 1. The van der Waals surface area contributed by atoms with Gasteiger partial charge in [0.15, 0.2) is 0 Å². The first kappa shape index (κ1) is 15.0. The van der Waals surface area contributed by atoms with Gasteiger partial charge in [0.25, 0.3) is 0 Å². The van der Waals surface area contributed by atoms with Gasteiger partial charge in [-0.2, -0.15) is 0 Å². The summed E-state index contributed by atoms with van der Waals surface area (Å²) in [6.45, 7) is 3.13. The lowest BCUT2D eigenvalue weighted by molar-refractivity contribution is -0.139. The van der Waals surface area contributed by atoms with Gasteiger partial charge in [0.1, 0.15) is 6.61 Å². The molecule has 5 nitrogen and oxygen atoms in total. The predicted octanol–water partition coefficient (Wildman–Crippen LogP) is 2.53. The van der Waals surface area contributed by atoms with Crippen LogP contribution in [0.1, 0.15) is 24.6 Å². The molecule has 110 valence electrons. The summed E-state index contributed by atoms with van der Waals surface area (Å²) < 4.78 is 6.93. The average Bonchev–Trinajstić information content (AvgIpc) is 2.98. The van der Waals surface area contributed by atoms with Crippen molar-refractivity contribution in [2.24, 2.45) is 0 Å². The minimum absolute atomic E-state index is 0.300. The molecule has 0 spiro atoms. The number of esters is 1. The normalized spacial score (nSPS) is 10.9. The minimum atomic E-state index is -0.323. The van der Waals surface area contributed by atoms with Crippen LogP contribution in [0, 0.1) is 0 Å². The van der Waals surface area contributed by atoms with Crippen LogP contribution in [0.4, 0.5) is 0 Å². The van der Waals surface area contributed by atoms with E-state index in [4.69, 9.17) is 4.74 Å². The number of ether oxygens (including phenoxy) is 1. The quantitative estimate of drug-likeness (QED) is 0.579. The van der Waals surface area contributed by atoms with Crippen molar-refractivity contribution in [1.82, 2.24) is 15.0 Å². The lowest BCUT2D eigenvalue weighted by Gasteiger charge is -2.01. The highest BCUT2D eigenvalue weighted by molar-refractivity contribution is 5.81. The molecule has 1 aromatic carbocycles. The van der Waals surface area contributed by atoms with Crippen molar-refractivity contribution in [3.63, 3.8) is 0 Å². The number of hydrogen-bond donors (Lipinski definition) is 0. The fourth-order valence-electron chi connectivity index (χ4n) is 1.80. The van der Waals surface area contributed by atoms with E-state index in [2.05, 4.69) is 10.3 Å². The molecule has 1 heterocycles. The molecule has 0 radical (unpaired) electrons. The van der Waals surface area contributed by atoms with Gasteiger partial charge in [0, 0.05) is 18.8 Å². The monoisotopic (exact) mass is 285 g/mol. The molecule has 0 unspecified atom stereocenters. The van der Waals surface area contributed by atoms with E-state index in [-0.39, 0.29) is 5.97 Å². The maximum atomic E-state index is 11.5. The van der Waals surface area contributed by atoms with Gasteiger partial charge in [-0.15, -0.1) is 5.10 Å². The zero-order valence-corrected chi connectivity index (χ0v) is 12.1. The number of nitrogens with zero attached hydrogens (tertiary/aromatic N) is 3. The summed E-state index contributed by atoms with van der Waals surface area (Å²) >= 11 is 0. The van der Waals surface area contributed by atoms with E-state index < -0.39 is 0 Å². The Morgan fingerprint density at radius 2 is 2.14 bits per heavy atom. The second kappa shape index (κ2) is 7.99. The summed E-state index contributed by atoms with van der Waals surface area (Å²) in [6.07, 6.45) is 6.69. The third-order valence-electron chi connectivity index (χ3n) is 2.96. The maximum Gasteiger partial charge on any atom is 0.330 e. The van der Waals surface area contributed by atoms with Crippen LogP contribution in [0.2, 0.25) is 0 Å². The van der Waals surface area contributed by atoms with Crippen LogP contribution >= 0.6 is 0 Å². The number of aryl methyl sites for hydroxylation is 2. The molecule has 0 atom stereocenters. The van der Waals surface area contributed by atoms with Gasteiger partial charge >= 0.3 is 5.97 Å². The lowest BCUT2D eigenvalue weighted by atomic mass is 10.2. The molecule has 2 rings (SSSR count). The van der Waals surface area contributed by atoms with Crippen LogP contribution in [-0.4, -0.2) is 21.0 Å². The topological polar surface area (TPSA) is 57.0 Å². The zero-order chi connectivity index (χ0) is 14.9. The van der Waals surface area contributed by atoms with Crippen molar-refractivity contribution < 1.29 is 9.53 Å². The molecule has 0 N–H and O–H groups in total. The maximum absolute atomic E-state index is 11.5. The Hall–Kier alpha value is -2.43. The molecule has 0 fully saturated rings. The number of allylic oxidation sites excluding steroid dienone is 1. The van der Waals surface area contributed by atoms with Crippen molar-refractivity contribution in [1.29, 1.82) is 0 Å². The van der Waals surface area contributed by atoms with E-state index in [0.29, 0.717) is 6.61 Å². The zero-order valence-electron chi connectivity index (χ0n) is 12.1. The minimum Gasteiger partial charge on any atom is -0.458 e. The van der Waals surface area contributed by atoms with Gasteiger partial charge in [0.05, 0.1) is 5.69 Å². The number of aromatic nitrogens is 3. The fraction of sp³-hybridized carbons (Fsp3) is 0.312. The first-order valence-electron chi connectivity index (χ1n) is 7.04. The summed E-state index contributed by atoms with van der Waals surface area (Å²) in [5, 5.41) is 8.01. The van der Waals surface area contributed by atoms with Crippen molar-refractivity contribution in [2.75, 3.05) is 0 Å². The van der Waals surface area contributed by atoms with E-state index in [1.54, 1.807) is 10.8 Å². The van der Waals surface area contributed by atoms with E-state index >= 15 is 0 Å². The van der Waals surface area contributed by atoms with Gasteiger partial charge in [-0.25, -0.2) is 4.79 Å². The summed E-state index contributed by atoms with van der Waals surface area (Å²) in [7, 11) is 0. The van der Waals surface area contributed by atoms with Crippen molar-refractivity contribution >= 4 is 5.97 Å². The van der Waals surface area contributed by atoms with Crippen molar-refractivity contribution in [2.45, 2.75) is 32.9 Å². The molecule has 0 bridgehead atoms. The van der Waals surface area contributed by atoms with Crippen molar-refractivity contribution in [3.05, 3.63) is 59.9 Å². The Morgan fingerprint density at radius 3 is 2.86 bits per heavy atom. The van der Waals surface area contributed by atoms with Gasteiger partial charge in [-0.1, -0.05) is 41.6 Å². The summed E-state index contributed by atoms with van der Waals surface area (Å²) in [5.41, 5.74) is 1.91. The first-order chi connectivity index (χ1) is 10.3. The van der Waals surface area contributed by atoms with E-state index in [0.717, 1.165) is 30.6 Å². The molecule has 21 heavy (non-hydrogen) atoms. The van der Waals surface area contributed by atoms with Gasteiger partial charge in [-0.3, -0.25) is 4.68 Å². The van der Waals surface area contributed by atoms with E-state index in [9.17, 15) is 4.79 Å². The van der Waals surface area contributed by atoms with Crippen LogP contribution in [0.25, 0.3) is 0 Å². The molecule has 0 saturated heterocycles. The second-order valence-electron chi connectivity index (χ2n) is 4.60. The van der Waals surface area contributed by atoms with Crippen LogP contribution in [0.3, 0.4) is 0 Å². The van der Waals surface area contributed by atoms with Gasteiger partial charge in [-0.05, 0) is 25.3 Å². The highest BCUT2D eigenvalue weighted by atomic mass is 16.5. The Labute approximate surface area is 124 Å². The Bertz CT molecular complexity index is 591. The third-order valence-corrected chi connectivity index (χ3v) is 2.96. The summed E-state index contributed by atoms with van der Waals surface area (Å²) in [6, 6.07) is 9.62. The third kappa shape index (κ3) is 5.22. The fourth-order valence-corrected chi connectivity index (χ4v) is 1.80. The highest BCUT2D eigenvalue weighted by Gasteiger charge is 2.00. The molecule has 2 aromatic rings. The lowest BCUT2D eigenvalue weighted by Crippen LogP contribution is -2.00. The molecule has 0 aliphatic heterocycles. The van der Waals surface area contributed by atoms with Gasteiger partial charge < -0.3 is 4.74 Å². The molecule has 0 saturated carbocycles. The predicted molar refractivity (Wildman–Crippen MR) is 79.4 cm³/mol.